The second kappa shape index (κ2) is 10.6. The lowest BCUT2D eigenvalue weighted by atomic mass is 9.93. The zero-order valence-corrected chi connectivity index (χ0v) is 19.2. The van der Waals surface area contributed by atoms with Crippen molar-refractivity contribution in [2.24, 2.45) is 0 Å². The number of ether oxygens (including phenoxy) is 2. The Morgan fingerprint density at radius 3 is 2.84 bits per heavy atom. The van der Waals surface area contributed by atoms with E-state index in [1.54, 1.807) is 18.5 Å². The maximum atomic E-state index is 10.6. The number of aliphatic hydroxyl groups is 1. The maximum absolute atomic E-state index is 10.6. The normalized spacial score (nSPS) is 18.1. The van der Waals surface area contributed by atoms with Crippen LogP contribution in [0.25, 0.3) is 6.08 Å². The third-order valence-electron chi connectivity index (χ3n) is 5.58. The topological polar surface area (TPSA) is 51.6 Å². The molecule has 1 aliphatic heterocycles. The molecule has 4 heteroatoms. The molecule has 0 saturated heterocycles. The highest BCUT2D eigenvalue weighted by Gasteiger charge is 2.29. The Labute approximate surface area is 186 Å². The van der Waals surface area contributed by atoms with Crippen LogP contribution in [-0.2, 0) is 6.42 Å². The Morgan fingerprint density at radius 2 is 2.13 bits per heavy atom. The third-order valence-corrected chi connectivity index (χ3v) is 5.58. The van der Waals surface area contributed by atoms with Gasteiger partial charge in [0.05, 0.1) is 5.56 Å². The molecule has 166 valence electrons. The minimum atomic E-state index is -1.08. The molecular weight excluding hydrogens is 386 g/mol. The van der Waals surface area contributed by atoms with Crippen molar-refractivity contribution < 1.29 is 14.6 Å². The Balaban J connectivity index is 1.87. The summed E-state index contributed by atoms with van der Waals surface area (Å²) in [4.78, 5) is 4.08. The summed E-state index contributed by atoms with van der Waals surface area (Å²) in [6.07, 6.45) is 15.0. The molecular formula is C27H35NO3. The lowest BCUT2D eigenvalue weighted by Gasteiger charge is -2.33. The predicted molar refractivity (Wildman–Crippen MR) is 126 cm³/mol. The number of fused-ring (bicyclic) bond motifs is 1. The smallest absolute Gasteiger partial charge is 0.225 e. The fourth-order valence-electron chi connectivity index (χ4n) is 3.76. The van der Waals surface area contributed by atoms with Crippen LogP contribution in [0.3, 0.4) is 0 Å². The molecule has 1 aromatic carbocycles. The van der Waals surface area contributed by atoms with Crippen molar-refractivity contribution in [3.05, 3.63) is 71.1 Å². The molecule has 2 atom stereocenters. The van der Waals surface area contributed by atoms with Gasteiger partial charge >= 0.3 is 0 Å². The fourth-order valence-corrected chi connectivity index (χ4v) is 3.76. The molecule has 0 amide bonds. The van der Waals surface area contributed by atoms with Crippen LogP contribution in [0.1, 0.15) is 82.8 Å². The number of allylic oxidation sites excluding steroid dienone is 2. The highest BCUT2D eigenvalue weighted by molar-refractivity contribution is 5.68. The van der Waals surface area contributed by atoms with E-state index in [0.717, 1.165) is 37.0 Å². The average Bonchev–Trinajstić information content (AvgIpc) is 2.74. The summed E-state index contributed by atoms with van der Waals surface area (Å²) >= 11 is 0. The molecule has 1 aromatic heterocycles. The van der Waals surface area contributed by atoms with Crippen molar-refractivity contribution in [2.75, 3.05) is 0 Å². The van der Waals surface area contributed by atoms with Crippen molar-refractivity contribution >= 4 is 6.08 Å². The van der Waals surface area contributed by atoms with Gasteiger partial charge in [-0.1, -0.05) is 31.4 Å². The SMILES string of the molecule is CCCCCc1cc(OC(O)c2cccnc2)c2c(c1)OC(C)(CCC=C(C)C)C=C2. The molecule has 0 fully saturated rings. The van der Waals surface area contributed by atoms with Gasteiger partial charge in [-0.3, -0.25) is 4.98 Å². The van der Waals surface area contributed by atoms with E-state index >= 15 is 0 Å². The van der Waals surface area contributed by atoms with Gasteiger partial charge in [0.25, 0.3) is 0 Å². The number of aliphatic hydroxyl groups excluding tert-OH is 1. The summed E-state index contributed by atoms with van der Waals surface area (Å²) in [6, 6.07) is 7.77. The van der Waals surface area contributed by atoms with Crippen LogP contribution in [0, 0.1) is 0 Å². The monoisotopic (exact) mass is 421 g/mol. The number of aryl methyl sites for hydroxylation is 1. The molecule has 31 heavy (non-hydrogen) atoms. The number of unbranched alkanes of at least 4 members (excludes halogenated alkanes) is 2. The molecule has 0 aliphatic carbocycles. The number of benzene rings is 1. The van der Waals surface area contributed by atoms with E-state index in [-0.39, 0.29) is 5.60 Å². The maximum Gasteiger partial charge on any atom is 0.225 e. The quantitative estimate of drug-likeness (QED) is 0.260. The minimum absolute atomic E-state index is 0.361. The van der Waals surface area contributed by atoms with E-state index in [1.807, 2.05) is 12.1 Å². The first-order valence-electron chi connectivity index (χ1n) is 11.3. The number of nitrogens with zero attached hydrogens (tertiary/aromatic N) is 1. The van der Waals surface area contributed by atoms with Crippen LogP contribution in [-0.4, -0.2) is 15.7 Å². The van der Waals surface area contributed by atoms with Gasteiger partial charge in [-0.2, -0.15) is 0 Å². The van der Waals surface area contributed by atoms with Crippen LogP contribution in [0.15, 0.2) is 54.4 Å². The highest BCUT2D eigenvalue weighted by Crippen LogP contribution is 2.41. The summed E-state index contributed by atoms with van der Waals surface area (Å²) in [5.74, 6) is 1.47. The van der Waals surface area contributed by atoms with E-state index in [2.05, 4.69) is 57.0 Å². The molecule has 3 rings (SSSR count). The average molecular weight is 422 g/mol. The van der Waals surface area contributed by atoms with E-state index in [9.17, 15) is 5.11 Å². The summed E-state index contributed by atoms with van der Waals surface area (Å²) < 4.78 is 12.5. The molecule has 0 radical (unpaired) electrons. The number of aromatic nitrogens is 1. The standard InChI is InChI=1S/C27H35NO3/c1-5-6-7-11-21-17-24(30-26(29)22-12-9-16-28-19-22)23-13-15-27(4,31-25(23)18-21)14-8-10-20(2)3/h9-10,12-13,15-19,26,29H,5-8,11,14H2,1-4H3. The van der Waals surface area contributed by atoms with Gasteiger partial charge in [-0.15, -0.1) is 0 Å². The highest BCUT2D eigenvalue weighted by atomic mass is 16.6. The fraction of sp³-hybridized carbons (Fsp3) is 0.444. The first-order valence-corrected chi connectivity index (χ1v) is 11.3. The summed E-state index contributed by atoms with van der Waals surface area (Å²) in [6.45, 7) is 8.57. The second-order valence-electron chi connectivity index (χ2n) is 8.79. The Morgan fingerprint density at radius 1 is 1.29 bits per heavy atom. The lowest BCUT2D eigenvalue weighted by molar-refractivity contribution is -0.0202. The molecule has 2 heterocycles. The van der Waals surface area contributed by atoms with Crippen LogP contribution < -0.4 is 9.47 Å². The summed E-state index contributed by atoms with van der Waals surface area (Å²) in [5.41, 5.74) is 3.63. The molecule has 0 bridgehead atoms. The first kappa shape index (κ1) is 23.1. The van der Waals surface area contributed by atoms with Gasteiger partial charge in [0.2, 0.25) is 6.29 Å². The van der Waals surface area contributed by atoms with Crippen molar-refractivity contribution in [3.8, 4) is 11.5 Å². The molecule has 2 aromatic rings. The minimum Gasteiger partial charge on any atom is -0.483 e. The molecule has 1 N–H and O–H groups in total. The summed E-state index contributed by atoms with van der Waals surface area (Å²) in [5, 5.41) is 10.6. The van der Waals surface area contributed by atoms with E-state index in [0.29, 0.717) is 11.3 Å². The number of hydrogen-bond donors (Lipinski definition) is 1. The van der Waals surface area contributed by atoms with Gasteiger partial charge in [0.1, 0.15) is 17.1 Å². The van der Waals surface area contributed by atoms with Crippen LogP contribution in [0.4, 0.5) is 0 Å². The van der Waals surface area contributed by atoms with Crippen LogP contribution >= 0.6 is 0 Å². The van der Waals surface area contributed by atoms with E-state index in [4.69, 9.17) is 9.47 Å². The van der Waals surface area contributed by atoms with E-state index in [1.165, 1.54) is 24.0 Å². The van der Waals surface area contributed by atoms with Gasteiger partial charge in [0, 0.05) is 18.0 Å². The second-order valence-corrected chi connectivity index (χ2v) is 8.79. The molecule has 0 spiro atoms. The van der Waals surface area contributed by atoms with Crippen molar-refractivity contribution in [3.63, 3.8) is 0 Å². The molecule has 1 aliphatic rings. The van der Waals surface area contributed by atoms with Crippen molar-refractivity contribution in [1.82, 2.24) is 4.98 Å². The lowest BCUT2D eigenvalue weighted by Crippen LogP contribution is -2.32. The molecule has 0 saturated carbocycles. The Hall–Kier alpha value is -2.59. The number of hydrogen-bond acceptors (Lipinski definition) is 4. The third kappa shape index (κ3) is 6.44. The zero-order valence-electron chi connectivity index (χ0n) is 19.2. The predicted octanol–water partition coefficient (Wildman–Crippen LogP) is 6.79. The summed E-state index contributed by atoms with van der Waals surface area (Å²) in [7, 11) is 0. The first-order chi connectivity index (χ1) is 14.9. The van der Waals surface area contributed by atoms with Crippen LogP contribution in [0.5, 0.6) is 11.5 Å². The number of rotatable bonds is 10. The van der Waals surface area contributed by atoms with Crippen molar-refractivity contribution in [2.45, 2.75) is 78.1 Å². The van der Waals surface area contributed by atoms with E-state index < -0.39 is 6.29 Å². The number of pyridine rings is 1. The van der Waals surface area contributed by atoms with Crippen molar-refractivity contribution in [1.29, 1.82) is 0 Å². The Kier molecular flexibility index (Phi) is 7.91. The largest absolute Gasteiger partial charge is 0.483 e. The van der Waals surface area contributed by atoms with Gasteiger partial charge in [-0.25, -0.2) is 0 Å². The molecule has 2 unspecified atom stereocenters. The zero-order chi connectivity index (χ0) is 22.3. The van der Waals surface area contributed by atoms with Gasteiger partial charge in [0.15, 0.2) is 0 Å². The van der Waals surface area contributed by atoms with Gasteiger partial charge in [-0.05, 0) is 88.4 Å². The Bertz CT molecular complexity index is 916. The molecule has 4 nitrogen and oxygen atoms in total. The van der Waals surface area contributed by atoms with Crippen LogP contribution in [0.2, 0.25) is 0 Å². The van der Waals surface area contributed by atoms with Gasteiger partial charge < -0.3 is 14.6 Å².